The van der Waals surface area contributed by atoms with Gasteiger partial charge in [-0.05, 0) is 43.4 Å². The Hall–Kier alpha value is -2.15. The lowest BCUT2D eigenvalue weighted by atomic mass is 10.0. The van der Waals surface area contributed by atoms with Crippen LogP contribution in [0.5, 0.6) is 0 Å². The summed E-state index contributed by atoms with van der Waals surface area (Å²) in [6.45, 7) is 4.00. The van der Waals surface area contributed by atoms with Crippen LogP contribution in [0.3, 0.4) is 0 Å². The average Bonchev–Trinajstić information content (AvgIpc) is 3.22. The Kier molecular flexibility index (Phi) is 4.99. The topological polar surface area (TPSA) is 100 Å². The lowest BCUT2D eigenvalue weighted by molar-refractivity contribution is -0.140. The number of carbonyl (C=O) groups excluding carboxylic acids is 2. The molecule has 7 nitrogen and oxygen atoms in total. The molecule has 0 aromatic carbocycles. The molecule has 0 radical (unpaired) electrons. The van der Waals surface area contributed by atoms with Crippen LogP contribution in [0.25, 0.3) is 0 Å². The number of carbonyl (C=O) groups is 2. The Morgan fingerprint density at radius 1 is 1.42 bits per heavy atom. The fourth-order valence-corrected chi connectivity index (χ4v) is 3.49. The Balaban J connectivity index is 1.59. The minimum absolute atomic E-state index is 0.0619. The SMILES string of the molecule is C[C@@H]1CCN[C@H]1C(=O)N1CCC[C@H]1C(=O)NCc1ccc(N)nc1. The number of nitrogen functional groups attached to an aromatic ring is 1. The van der Waals surface area contributed by atoms with Crippen molar-refractivity contribution in [2.24, 2.45) is 5.92 Å². The number of hydrogen-bond donors (Lipinski definition) is 3. The van der Waals surface area contributed by atoms with Crippen molar-refractivity contribution in [1.82, 2.24) is 20.5 Å². The van der Waals surface area contributed by atoms with Crippen molar-refractivity contribution in [2.75, 3.05) is 18.8 Å². The molecule has 24 heavy (non-hydrogen) atoms. The third-order valence-corrected chi connectivity index (χ3v) is 4.95. The summed E-state index contributed by atoms with van der Waals surface area (Å²) in [7, 11) is 0. The Morgan fingerprint density at radius 2 is 2.25 bits per heavy atom. The predicted octanol–water partition coefficient (Wildman–Crippen LogP) is 0.269. The van der Waals surface area contributed by atoms with Gasteiger partial charge in [0.25, 0.3) is 0 Å². The maximum atomic E-state index is 12.7. The first-order chi connectivity index (χ1) is 11.6. The van der Waals surface area contributed by atoms with Gasteiger partial charge < -0.3 is 21.3 Å². The molecule has 0 aliphatic carbocycles. The van der Waals surface area contributed by atoms with Crippen molar-refractivity contribution in [3.05, 3.63) is 23.9 Å². The van der Waals surface area contributed by atoms with Crippen LogP contribution in [0.2, 0.25) is 0 Å². The van der Waals surface area contributed by atoms with E-state index in [1.165, 1.54) is 0 Å². The van der Waals surface area contributed by atoms with Gasteiger partial charge in [0.05, 0.1) is 6.04 Å². The number of rotatable bonds is 4. The van der Waals surface area contributed by atoms with Gasteiger partial charge in [-0.2, -0.15) is 0 Å². The Morgan fingerprint density at radius 3 is 2.92 bits per heavy atom. The molecule has 2 aliphatic rings. The third-order valence-electron chi connectivity index (χ3n) is 4.95. The first kappa shape index (κ1) is 16.7. The maximum absolute atomic E-state index is 12.7. The van der Waals surface area contributed by atoms with E-state index >= 15 is 0 Å². The van der Waals surface area contributed by atoms with Crippen LogP contribution in [-0.4, -0.2) is 46.9 Å². The van der Waals surface area contributed by atoms with Crippen molar-refractivity contribution in [3.8, 4) is 0 Å². The fourth-order valence-electron chi connectivity index (χ4n) is 3.49. The van der Waals surface area contributed by atoms with Crippen molar-refractivity contribution in [2.45, 2.75) is 44.8 Å². The zero-order valence-electron chi connectivity index (χ0n) is 14.0. The second-order valence-electron chi connectivity index (χ2n) is 6.70. The molecule has 1 aromatic heterocycles. The number of hydrogen-bond acceptors (Lipinski definition) is 5. The van der Waals surface area contributed by atoms with Gasteiger partial charge in [-0.3, -0.25) is 9.59 Å². The number of pyridine rings is 1. The zero-order chi connectivity index (χ0) is 17.1. The van der Waals surface area contributed by atoms with E-state index in [1.807, 2.05) is 6.07 Å². The van der Waals surface area contributed by atoms with Gasteiger partial charge in [-0.15, -0.1) is 0 Å². The van der Waals surface area contributed by atoms with Crippen LogP contribution >= 0.6 is 0 Å². The summed E-state index contributed by atoms with van der Waals surface area (Å²) in [5, 5.41) is 6.18. The standard InChI is InChI=1S/C17H25N5O2/c1-11-6-7-19-15(11)17(24)22-8-2-3-13(22)16(23)21-10-12-4-5-14(18)20-9-12/h4-5,9,11,13,15,19H,2-3,6-8,10H2,1H3,(H2,18,20)(H,21,23)/t11-,13+,15-/m1/s1. The van der Waals surface area contributed by atoms with E-state index in [0.29, 0.717) is 24.8 Å². The molecule has 1 aromatic rings. The van der Waals surface area contributed by atoms with Gasteiger partial charge in [-0.25, -0.2) is 4.98 Å². The van der Waals surface area contributed by atoms with Crippen LogP contribution in [0.4, 0.5) is 5.82 Å². The van der Waals surface area contributed by atoms with E-state index in [4.69, 9.17) is 5.73 Å². The van der Waals surface area contributed by atoms with Gasteiger partial charge in [0, 0.05) is 19.3 Å². The summed E-state index contributed by atoms with van der Waals surface area (Å²) in [5.41, 5.74) is 6.44. The number of nitrogens with zero attached hydrogens (tertiary/aromatic N) is 2. The molecule has 0 saturated carbocycles. The molecule has 130 valence electrons. The normalized spacial score (nSPS) is 26.5. The average molecular weight is 331 g/mol. The summed E-state index contributed by atoms with van der Waals surface area (Å²) in [4.78, 5) is 31.0. The van der Waals surface area contributed by atoms with Gasteiger partial charge in [-0.1, -0.05) is 13.0 Å². The lowest BCUT2D eigenvalue weighted by Crippen LogP contribution is -2.52. The Labute approximate surface area is 142 Å². The third kappa shape index (κ3) is 3.51. The van der Waals surface area contributed by atoms with E-state index < -0.39 is 0 Å². The predicted molar refractivity (Wildman–Crippen MR) is 90.8 cm³/mol. The highest BCUT2D eigenvalue weighted by atomic mass is 16.2. The molecule has 2 amide bonds. The minimum atomic E-state index is -0.367. The molecule has 2 fully saturated rings. The maximum Gasteiger partial charge on any atom is 0.243 e. The van der Waals surface area contributed by atoms with Crippen LogP contribution in [0, 0.1) is 5.92 Å². The highest BCUT2D eigenvalue weighted by Crippen LogP contribution is 2.23. The second-order valence-corrected chi connectivity index (χ2v) is 6.70. The number of amides is 2. The summed E-state index contributed by atoms with van der Waals surface area (Å²) in [5.74, 6) is 0.744. The summed E-state index contributed by atoms with van der Waals surface area (Å²) < 4.78 is 0. The molecule has 3 heterocycles. The van der Waals surface area contributed by atoms with E-state index in [0.717, 1.165) is 31.4 Å². The van der Waals surface area contributed by atoms with Crippen LogP contribution in [0.15, 0.2) is 18.3 Å². The number of nitrogens with one attached hydrogen (secondary N) is 2. The van der Waals surface area contributed by atoms with Crippen LogP contribution < -0.4 is 16.4 Å². The molecule has 0 spiro atoms. The van der Waals surface area contributed by atoms with Crippen molar-refractivity contribution < 1.29 is 9.59 Å². The first-order valence-electron chi connectivity index (χ1n) is 8.58. The largest absolute Gasteiger partial charge is 0.384 e. The molecule has 3 rings (SSSR count). The van der Waals surface area contributed by atoms with E-state index in [1.54, 1.807) is 17.2 Å². The molecule has 4 N–H and O–H groups in total. The van der Waals surface area contributed by atoms with Crippen molar-refractivity contribution >= 4 is 17.6 Å². The van der Waals surface area contributed by atoms with E-state index in [9.17, 15) is 9.59 Å². The lowest BCUT2D eigenvalue weighted by Gasteiger charge is -2.28. The number of nitrogens with two attached hydrogens (primary N) is 1. The smallest absolute Gasteiger partial charge is 0.243 e. The second kappa shape index (κ2) is 7.17. The van der Waals surface area contributed by atoms with E-state index in [2.05, 4.69) is 22.5 Å². The number of aromatic nitrogens is 1. The molecule has 7 heteroatoms. The summed E-state index contributed by atoms with van der Waals surface area (Å²) in [6, 6.07) is 3.03. The van der Waals surface area contributed by atoms with Crippen molar-refractivity contribution in [3.63, 3.8) is 0 Å². The summed E-state index contributed by atoms with van der Waals surface area (Å²) >= 11 is 0. The Bertz CT molecular complexity index is 604. The highest BCUT2D eigenvalue weighted by molar-refractivity contribution is 5.90. The highest BCUT2D eigenvalue weighted by Gasteiger charge is 2.39. The molecule has 2 aliphatic heterocycles. The van der Waals surface area contributed by atoms with Gasteiger partial charge in [0.15, 0.2) is 0 Å². The molecule has 0 unspecified atom stereocenters. The first-order valence-corrected chi connectivity index (χ1v) is 8.58. The molecule has 3 atom stereocenters. The number of likely N-dealkylation sites (tertiary alicyclic amines) is 1. The van der Waals surface area contributed by atoms with Gasteiger partial charge in [0.1, 0.15) is 11.9 Å². The zero-order valence-corrected chi connectivity index (χ0v) is 14.0. The number of anilines is 1. The fraction of sp³-hybridized carbons (Fsp3) is 0.588. The molecule has 2 saturated heterocycles. The quantitative estimate of drug-likeness (QED) is 0.735. The van der Waals surface area contributed by atoms with Gasteiger partial charge in [0.2, 0.25) is 11.8 Å². The van der Waals surface area contributed by atoms with E-state index in [-0.39, 0.29) is 23.9 Å². The molecule has 0 bridgehead atoms. The van der Waals surface area contributed by atoms with Gasteiger partial charge >= 0.3 is 0 Å². The van der Waals surface area contributed by atoms with Crippen molar-refractivity contribution in [1.29, 1.82) is 0 Å². The summed E-state index contributed by atoms with van der Waals surface area (Å²) in [6.07, 6.45) is 4.25. The molecular weight excluding hydrogens is 306 g/mol. The van der Waals surface area contributed by atoms with Crippen LogP contribution in [0.1, 0.15) is 31.7 Å². The monoisotopic (exact) mass is 331 g/mol. The minimum Gasteiger partial charge on any atom is -0.384 e. The van der Waals surface area contributed by atoms with Crippen LogP contribution in [-0.2, 0) is 16.1 Å². The molecular formula is C17H25N5O2.